The van der Waals surface area contributed by atoms with Crippen LogP contribution >= 0.6 is 24.0 Å². The van der Waals surface area contributed by atoms with E-state index in [0.717, 1.165) is 56.7 Å². The van der Waals surface area contributed by atoms with Crippen LogP contribution in [-0.2, 0) is 11.3 Å². The van der Waals surface area contributed by atoms with Gasteiger partial charge in [-0.05, 0) is 33.8 Å². The fraction of sp³-hybridized carbons (Fsp3) is 0.650. The van der Waals surface area contributed by atoms with Crippen molar-refractivity contribution in [2.75, 3.05) is 46.0 Å². The summed E-state index contributed by atoms with van der Waals surface area (Å²) in [5.41, 5.74) is 1.07. The van der Waals surface area contributed by atoms with Crippen molar-refractivity contribution >= 4 is 29.9 Å². The lowest BCUT2D eigenvalue weighted by molar-refractivity contribution is 0.0322. The van der Waals surface area contributed by atoms with Crippen LogP contribution in [0.3, 0.4) is 0 Å². The number of hydrogen-bond acceptors (Lipinski definition) is 4. The molecule has 1 aromatic carbocycles. The lowest BCUT2D eigenvalue weighted by Crippen LogP contribution is -2.47. The summed E-state index contributed by atoms with van der Waals surface area (Å²) in [5.74, 6) is 1.74. The highest BCUT2D eigenvalue weighted by molar-refractivity contribution is 14.0. The van der Waals surface area contributed by atoms with Gasteiger partial charge in [0.05, 0.1) is 19.8 Å². The fourth-order valence-electron chi connectivity index (χ4n) is 2.71. The SMILES string of the molecule is CCNC(=NCc1ccccc1OCCN1CCOCC1)NC(C)(C)C.I. The molecule has 2 rings (SSSR count). The smallest absolute Gasteiger partial charge is 0.191 e. The number of nitrogens with zero attached hydrogens (tertiary/aromatic N) is 2. The first-order valence-corrected chi connectivity index (χ1v) is 9.55. The molecule has 6 nitrogen and oxygen atoms in total. The highest BCUT2D eigenvalue weighted by atomic mass is 127. The largest absolute Gasteiger partial charge is 0.492 e. The molecule has 0 bridgehead atoms. The van der Waals surface area contributed by atoms with E-state index < -0.39 is 0 Å². The first-order chi connectivity index (χ1) is 12.5. The van der Waals surface area contributed by atoms with Crippen LogP contribution in [-0.4, -0.2) is 62.4 Å². The van der Waals surface area contributed by atoms with E-state index in [1.165, 1.54) is 0 Å². The highest BCUT2D eigenvalue weighted by Crippen LogP contribution is 2.19. The van der Waals surface area contributed by atoms with Crippen molar-refractivity contribution in [1.82, 2.24) is 15.5 Å². The quantitative estimate of drug-likeness (QED) is 0.350. The number of halogens is 1. The minimum Gasteiger partial charge on any atom is -0.492 e. The Hall–Kier alpha value is -1.06. The molecule has 1 aliphatic rings. The molecule has 1 saturated heterocycles. The number of aliphatic imine (C=N–C) groups is 1. The average Bonchev–Trinajstić information content (AvgIpc) is 2.60. The van der Waals surface area contributed by atoms with Gasteiger partial charge in [-0.25, -0.2) is 4.99 Å². The van der Waals surface area contributed by atoms with Crippen molar-refractivity contribution in [1.29, 1.82) is 0 Å². The van der Waals surface area contributed by atoms with Crippen molar-refractivity contribution in [3.05, 3.63) is 29.8 Å². The van der Waals surface area contributed by atoms with Crippen molar-refractivity contribution in [2.24, 2.45) is 4.99 Å². The number of morpholine rings is 1. The zero-order chi connectivity index (χ0) is 18.8. The van der Waals surface area contributed by atoms with Crippen molar-refractivity contribution < 1.29 is 9.47 Å². The summed E-state index contributed by atoms with van der Waals surface area (Å²) in [4.78, 5) is 7.09. The van der Waals surface area contributed by atoms with E-state index in [0.29, 0.717) is 13.2 Å². The summed E-state index contributed by atoms with van der Waals surface area (Å²) >= 11 is 0. The van der Waals surface area contributed by atoms with Crippen molar-refractivity contribution in [3.8, 4) is 5.75 Å². The molecule has 1 aliphatic heterocycles. The Kier molecular flexibility index (Phi) is 11.0. The Balaban J connectivity index is 0.00000364. The second-order valence-electron chi connectivity index (χ2n) is 7.48. The Morgan fingerprint density at radius 3 is 2.59 bits per heavy atom. The zero-order valence-electron chi connectivity index (χ0n) is 17.1. The third kappa shape index (κ3) is 9.62. The van der Waals surface area contributed by atoms with Gasteiger partial charge in [0.2, 0.25) is 0 Å². The summed E-state index contributed by atoms with van der Waals surface area (Å²) in [6.45, 7) is 15.1. The van der Waals surface area contributed by atoms with Crippen LogP contribution in [0.2, 0.25) is 0 Å². The van der Waals surface area contributed by atoms with Gasteiger partial charge in [0.1, 0.15) is 12.4 Å². The Morgan fingerprint density at radius 2 is 1.93 bits per heavy atom. The topological polar surface area (TPSA) is 58.1 Å². The lowest BCUT2D eigenvalue weighted by atomic mass is 10.1. The number of benzene rings is 1. The maximum absolute atomic E-state index is 6.04. The van der Waals surface area contributed by atoms with Gasteiger partial charge in [-0.3, -0.25) is 4.90 Å². The second kappa shape index (κ2) is 12.4. The maximum Gasteiger partial charge on any atom is 0.191 e. The Labute approximate surface area is 181 Å². The number of nitrogens with one attached hydrogen (secondary N) is 2. The minimum atomic E-state index is -0.0326. The fourth-order valence-corrected chi connectivity index (χ4v) is 2.71. The number of hydrogen-bond donors (Lipinski definition) is 2. The predicted molar refractivity (Wildman–Crippen MR) is 122 cm³/mol. The lowest BCUT2D eigenvalue weighted by Gasteiger charge is -2.26. The molecule has 1 aromatic rings. The minimum absolute atomic E-state index is 0. The number of para-hydroxylation sites is 1. The molecule has 0 unspecified atom stereocenters. The molecule has 0 amide bonds. The van der Waals surface area contributed by atoms with Crippen LogP contribution < -0.4 is 15.4 Å². The normalized spacial score (nSPS) is 15.8. The van der Waals surface area contributed by atoms with Crippen LogP contribution in [0.5, 0.6) is 5.75 Å². The number of rotatable bonds is 7. The van der Waals surface area contributed by atoms with E-state index in [-0.39, 0.29) is 29.5 Å². The van der Waals surface area contributed by atoms with Gasteiger partial charge >= 0.3 is 0 Å². The summed E-state index contributed by atoms with van der Waals surface area (Å²) in [6, 6.07) is 8.14. The van der Waals surface area contributed by atoms with Gasteiger partial charge in [0.25, 0.3) is 0 Å². The third-order valence-electron chi connectivity index (χ3n) is 3.99. The summed E-state index contributed by atoms with van der Waals surface area (Å²) < 4.78 is 11.4. The van der Waals surface area contributed by atoms with E-state index in [9.17, 15) is 0 Å². The first-order valence-electron chi connectivity index (χ1n) is 9.55. The molecule has 0 aromatic heterocycles. The molecule has 0 radical (unpaired) electrons. The van der Waals surface area contributed by atoms with Crippen LogP contribution in [0.1, 0.15) is 33.3 Å². The summed E-state index contributed by atoms with van der Waals surface area (Å²) in [6.07, 6.45) is 0. The molecule has 2 N–H and O–H groups in total. The van der Waals surface area contributed by atoms with Gasteiger partial charge in [0.15, 0.2) is 5.96 Å². The predicted octanol–water partition coefficient (Wildman–Crippen LogP) is 2.87. The monoisotopic (exact) mass is 490 g/mol. The van der Waals surface area contributed by atoms with Gasteiger partial charge in [-0.2, -0.15) is 0 Å². The molecule has 0 saturated carbocycles. The molecule has 27 heavy (non-hydrogen) atoms. The maximum atomic E-state index is 6.04. The van der Waals surface area contributed by atoms with Crippen LogP contribution in [0.4, 0.5) is 0 Å². The van der Waals surface area contributed by atoms with Gasteiger partial charge in [0, 0.05) is 37.3 Å². The van der Waals surface area contributed by atoms with E-state index in [2.05, 4.69) is 49.3 Å². The second-order valence-corrected chi connectivity index (χ2v) is 7.48. The summed E-state index contributed by atoms with van der Waals surface area (Å²) in [5, 5.41) is 6.71. The van der Waals surface area contributed by atoms with Gasteiger partial charge in [-0.15, -0.1) is 24.0 Å². The standard InChI is InChI=1S/C20H34N4O2.HI/c1-5-21-19(23-20(2,3)4)22-16-17-8-6-7-9-18(17)26-15-12-24-10-13-25-14-11-24;/h6-9H,5,10-16H2,1-4H3,(H2,21,22,23);1H. The van der Waals surface area contributed by atoms with Gasteiger partial charge < -0.3 is 20.1 Å². The molecule has 0 atom stereocenters. The van der Waals surface area contributed by atoms with E-state index in [1.54, 1.807) is 0 Å². The molecule has 7 heteroatoms. The number of ether oxygens (including phenoxy) is 2. The van der Waals surface area contributed by atoms with Crippen molar-refractivity contribution in [2.45, 2.75) is 39.8 Å². The van der Waals surface area contributed by atoms with E-state index in [1.807, 2.05) is 18.2 Å². The van der Waals surface area contributed by atoms with E-state index >= 15 is 0 Å². The zero-order valence-corrected chi connectivity index (χ0v) is 19.4. The highest BCUT2D eigenvalue weighted by Gasteiger charge is 2.13. The molecule has 1 fully saturated rings. The summed E-state index contributed by atoms with van der Waals surface area (Å²) in [7, 11) is 0. The molecular formula is C20H35IN4O2. The Morgan fingerprint density at radius 1 is 1.22 bits per heavy atom. The van der Waals surface area contributed by atoms with Crippen LogP contribution in [0.25, 0.3) is 0 Å². The van der Waals surface area contributed by atoms with E-state index in [4.69, 9.17) is 14.5 Å². The van der Waals surface area contributed by atoms with Crippen molar-refractivity contribution in [3.63, 3.8) is 0 Å². The molecule has 1 heterocycles. The molecule has 154 valence electrons. The average molecular weight is 490 g/mol. The van der Waals surface area contributed by atoms with Crippen LogP contribution in [0.15, 0.2) is 29.3 Å². The molecule has 0 spiro atoms. The third-order valence-corrected chi connectivity index (χ3v) is 3.99. The van der Waals surface area contributed by atoms with Crippen LogP contribution in [0, 0.1) is 0 Å². The molecular weight excluding hydrogens is 455 g/mol. The Bertz CT molecular complexity index is 569. The first kappa shape index (κ1) is 24.0. The van der Waals surface area contributed by atoms with Gasteiger partial charge in [-0.1, -0.05) is 18.2 Å². The molecule has 0 aliphatic carbocycles. The number of guanidine groups is 1.